The summed E-state index contributed by atoms with van der Waals surface area (Å²) in [5.74, 6) is -1.64. The Balaban J connectivity index is 2.07. The van der Waals surface area contributed by atoms with Crippen LogP contribution in [0.2, 0.25) is 0 Å². The number of carboxylic acid groups (broad SMARTS) is 1. The molecule has 2 aromatic heterocycles. The molecule has 29 heavy (non-hydrogen) atoms. The average Bonchev–Trinajstić information content (AvgIpc) is 3.04. The number of carboxylic acids is 1. The fourth-order valence-electron chi connectivity index (χ4n) is 3.44. The molecule has 3 aromatic rings. The maximum atomic E-state index is 12.5. The molecule has 0 unspecified atom stereocenters. The molecule has 1 amide bonds. The Morgan fingerprint density at radius 2 is 1.86 bits per heavy atom. The molecule has 0 fully saturated rings. The van der Waals surface area contributed by atoms with Crippen molar-refractivity contribution in [1.29, 1.82) is 0 Å². The Morgan fingerprint density at radius 3 is 2.45 bits per heavy atom. The zero-order chi connectivity index (χ0) is 21.5. The van der Waals surface area contributed by atoms with E-state index in [1.54, 1.807) is 26.2 Å². The maximum Gasteiger partial charge on any atom is 0.340 e. The van der Waals surface area contributed by atoms with Gasteiger partial charge in [-0.2, -0.15) is 0 Å². The van der Waals surface area contributed by atoms with Crippen LogP contribution in [-0.2, 0) is 21.4 Å². The molecular formula is C22H25NO6. The molecule has 0 saturated carbocycles. The maximum absolute atomic E-state index is 12.5. The van der Waals surface area contributed by atoms with Crippen molar-refractivity contribution in [2.45, 2.75) is 58.9 Å². The Hall–Kier alpha value is -3.09. The van der Waals surface area contributed by atoms with Crippen LogP contribution in [0.1, 0.15) is 50.8 Å². The average molecular weight is 399 g/mol. The first-order chi connectivity index (χ1) is 13.5. The molecule has 3 rings (SSSR count). The number of aryl methyl sites for hydroxylation is 1. The van der Waals surface area contributed by atoms with Crippen molar-refractivity contribution in [3.05, 3.63) is 45.5 Å². The first-order valence-electron chi connectivity index (χ1n) is 9.53. The van der Waals surface area contributed by atoms with Gasteiger partial charge >= 0.3 is 11.6 Å². The molecule has 1 aromatic carbocycles. The van der Waals surface area contributed by atoms with Crippen LogP contribution < -0.4 is 10.9 Å². The third-order valence-electron chi connectivity index (χ3n) is 5.17. The van der Waals surface area contributed by atoms with Gasteiger partial charge in [-0.1, -0.05) is 27.7 Å². The van der Waals surface area contributed by atoms with E-state index in [1.165, 1.54) is 0 Å². The number of carbonyl (C=O) groups is 2. The van der Waals surface area contributed by atoms with Gasteiger partial charge in [0.2, 0.25) is 5.91 Å². The lowest BCUT2D eigenvalue weighted by atomic mass is 9.86. The molecule has 0 bridgehead atoms. The highest BCUT2D eigenvalue weighted by atomic mass is 16.4. The molecule has 0 aliphatic heterocycles. The molecule has 7 heteroatoms. The van der Waals surface area contributed by atoms with Crippen molar-refractivity contribution in [1.82, 2.24) is 5.32 Å². The zero-order valence-electron chi connectivity index (χ0n) is 17.2. The normalized spacial score (nSPS) is 13.0. The Kier molecular flexibility index (Phi) is 5.26. The molecular weight excluding hydrogens is 374 g/mol. The second kappa shape index (κ2) is 7.39. The lowest BCUT2D eigenvalue weighted by Crippen LogP contribution is -2.41. The van der Waals surface area contributed by atoms with Gasteiger partial charge in [-0.15, -0.1) is 0 Å². The number of fused-ring (bicyclic) bond motifs is 2. The Labute approximate surface area is 167 Å². The van der Waals surface area contributed by atoms with E-state index in [2.05, 4.69) is 26.1 Å². The van der Waals surface area contributed by atoms with Crippen molar-refractivity contribution >= 4 is 33.8 Å². The van der Waals surface area contributed by atoms with Gasteiger partial charge in [-0.05, 0) is 30.4 Å². The Bertz CT molecular complexity index is 1160. The number of aliphatic carboxylic acids is 1. The molecule has 0 aliphatic carbocycles. The lowest BCUT2D eigenvalue weighted by Gasteiger charge is -2.17. The zero-order valence-corrected chi connectivity index (χ0v) is 17.2. The first-order valence-corrected chi connectivity index (χ1v) is 9.53. The van der Waals surface area contributed by atoms with Crippen LogP contribution in [0, 0.1) is 6.92 Å². The number of carbonyl (C=O) groups excluding carboxylic acids is 1. The van der Waals surface area contributed by atoms with Crippen molar-refractivity contribution in [3.8, 4) is 0 Å². The van der Waals surface area contributed by atoms with E-state index < -0.39 is 23.5 Å². The summed E-state index contributed by atoms with van der Waals surface area (Å²) in [6, 6.07) is 2.62. The number of rotatable bonds is 5. The molecule has 0 spiro atoms. The minimum atomic E-state index is -1.11. The highest BCUT2D eigenvalue weighted by Gasteiger charge is 2.23. The van der Waals surface area contributed by atoms with Crippen LogP contribution >= 0.6 is 0 Å². The summed E-state index contributed by atoms with van der Waals surface area (Å²) in [4.78, 5) is 35.9. The third kappa shape index (κ3) is 3.90. The third-order valence-corrected chi connectivity index (χ3v) is 5.17. The predicted molar refractivity (Wildman–Crippen MR) is 109 cm³/mol. The summed E-state index contributed by atoms with van der Waals surface area (Å²) < 4.78 is 11.1. The summed E-state index contributed by atoms with van der Waals surface area (Å²) in [5, 5.41) is 13.2. The van der Waals surface area contributed by atoms with Gasteiger partial charge in [0, 0.05) is 22.4 Å². The summed E-state index contributed by atoms with van der Waals surface area (Å²) in [5.41, 5.74) is 2.16. The lowest BCUT2D eigenvalue weighted by molar-refractivity contribution is -0.141. The summed E-state index contributed by atoms with van der Waals surface area (Å²) in [6.45, 7) is 9.68. The summed E-state index contributed by atoms with van der Waals surface area (Å²) in [7, 11) is 0. The van der Waals surface area contributed by atoms with Crippen LogP contribution in [0.3, 0.4) is 0 Å². The fraction of sp³-hybridized carbons (Fsp3) is 0.409. The number of hydrogen-bond acceptors (Lipinski definition) is 5. The summed E-state index contributed by atoms with van der Waals surface area (Å²) >= 11 is 0. The fourth-order valence-corrected chi connectivity index (χ4v) is 3.44. The highest BCUT2D eigenvalue weighted by Crippen LogP contribution is 2.35. The van der Waals surface area contributed by atoms with Crippen LogP contribution in [0.4, 0.5) is 0 Å². The van der Waals surface area contributed by atoms with E-state index in [0.29, 0.717) is 16.7 Å². The number of benzene rings is 1. The standard InChI is InChI=1S/C22H25NO6/c1-6-16(20(25)26)23-19(24)8-13-11(2)12-7-14-15(22(3,4)5)10-28-17(14)9-18(12)29-21(13)27/h7,9-10,16H,6,8H2,1-5H3,(H,23,24)(H,25,26)/t16-/m1/s1. The van der Waals surface area contributed by atoms with Crippen molar-refractivity contribution in [2.75, 3.05) is 0 Å². The molecule has 0 aliphatic rings. The molecule has 2 heterocycles. The van der Waals surface area contributed by atoms with Gasteiger partial charge in [0.25, 0.3) is 0 Å². The molecule has 0 saturated heterocycles. The smallest absolute Gasteiger partial charge is 0.340 e. The van der Waals surface area contributed by atoms with Crippen LogP contribution in [0.5, 0.6) is 0 Å². The topological polar surface area (TPSA) is 110 Å². The van der Waals surface area contributed by atoms with Crippen molar-refractivity contribution < 1.29 is 23.5 Å². The Morgan fingerprint density at radius 1 is 1.17 bits per heavy atom. The minimum Gasteiger partial charge on any atom is -0.480 e. The predicted octanol–water partition coefficient (Wildman–Crippen LogP) is 3.67. The largest absolute Gasteiger partial charge is 0.480 e. The van der Waals surface area contributed by atoms with Gasteiger partial charge in [-0.25, -0.2) is 9.59 Å². The summed E-state index contributed by atoms with van der Waals surface area (Å²) in [6.07, 6.45) is 1.71. The highest BCUT2D eigenvalue weighted by molar-refractivity contribution is 5.97. The number of nitrogens with one attached hydrogen (secondary N) is 1. The molecule has 1 atom stereocenters. The van der Waals surface area contributed by atoms with E-state index in [-0.39, 0.29) is 23.8 Å². The first kappa shape index (κ1) is 20.6. The quantitative estimate of drug-likeness (QED) is 0.634. The van der Waals surface area contributed by atoms with E-state index in [1.807, 2.05) is 6.07 Å². The molecule has 154 valence electrons. The van der Waals surface area contributed by atoms with Crippen LogP contribution in [0.25, 0.3) is 21.9 Å². The van der Waals surface area contributed by atoms with E-state index in [4.69, 9.17) is 13.9 Å². The molecule has 7 nitrogen and oxygen atoms in total. The number of hydrogen-bond donors (Lipinski definition) is 2. The van der Waals surface area contributed by atoms with Gasteiger partial charge in [-0.3, -0.25) is 4.79 Å². The van der Waals surface area contributed by atoms with E-state index >= 15 is 0 Å². The minimum absolute atomic E-state index is 0.128. The van der Waals surface area contributed by atoms with E-state index in [9.17, 15) is 14.4 Å². The second-order valence-corrected chi connectivity index (χ2v) is 8.28. The monoisotopic (exact) mass is 399 g/mol. The van der Waals surface area contributed by atoms with Crippen molar-refractivity contribution in [3.63, 3.8) is 0 Å². The van der Waals surface area contributed by atoms with Gasteiger partial charge in [0.05, 0.1) is 18.2 Å². The number of amides is 1. The van der Waals surface area contributed by atoms with Gasteiger partial charge < -0.3 is 19.3 Å². The van der Waals surface area contributed by atoms with Crippen molar-refractivity contribution in [2.24, 2.45) is 0 Å². The van der Waals surface area contributed by atoms with Gasteiger partial charge in [0.1, 0.15) is 17.2 Å². The van der Waals surface area contributed by atoms with Crippen LogP contribution in [-0.4, -0.2) is 23.0 Å². The SMILES string of the molecule is CC[C@@H](NC(=O)Cc1c(C)c2cc3c(C(C)(C)C)coc3cc2oc1=O)C(=O)O. The van der Waals surface area contributed by atoms with Gasteiger partial charge in [0.15, 0.2) is 0 Å². The van der Waals surface area contributed by atoms with Crippen LogP contribution in [0.15, 0.2) is 32.0 Å². The second-order valence-electron chi connectivity index (χ2n) is 8.28. The molecule has 2 N–H and O–H groups in total. The molecule has 0 radical (unpaired) electrons. The van der Waals surface area contributed by atoms with E-state index in [0.717, 1.165) is 16.3 Å². The number of furan rings is 1.